The molecule has 17 nitrogen and oxygen atoms in total. The summed E-state index contributed by atoms with van der Waals surface area (Å²) >= 11 is 0. The Morgan fingerprint density at radius 2 is 0.495 bits per heavy atom. The first-order valence-corrected chi connectivity index (χ1v) is 41.6. The summed E-state index contributed by atoms with van der Waals surface area (Å²) in [4.78, 5) is 72.4. The number of hydrogen-bond donors (Lipinski definition) is 3. The van der Waals surface area contributed by atoms with Crippen LogP contribution in [0.4, 0.5) is 0 Å². The number of aliphatic hydroxyl groups is 1. The third kappa shape index (κ3) is 68.4. The zero-order chi connectivity index (χ0) is 68.4. The fraction of sp³-hybridized carbons (Fsp3) is 0.946. The summed E-state index contributed by atoms with van der Waals surface area (Å²) < 4.78 is 68.2. The molecule has 0 aromatic rings. The Bertz CT molecular complexity index is 1790. The minimum atomic E-state index is -4.95. The van der Waals surface area contributed by atoms with Gasteiger partial charge in [-0.15, -0.1) is 0 Å². The predicted octanol–water partition coefficient (Wildman–Crippen LogP) is 21.7. The second kappa shape index (κ2) is 67.3. The van der Waals surface area contributed by atoms with Gasteiger partial charge in [0.25, 0.3) is 0 Å². The fourth-order valence-electron chi connectivity index (χ4n) is 11.4. The number of esters is 4. The summed E-state index contributed by atoms with van der Waals surface area (Å²) in [7, 11) is -9.90. The summed E-state index contributed by atoms with van der Waals surface area (Å²) in [6.45, 7) is 7.20. The highest BCUT2D eigenvalue weighted by Gasteiger charge is 2.30. The zero-order valence-electron chi connectivity index (χ0n) is 60.4. The van der Waals surface area contributed by atoms with Crippen LogP contribution in [0.1, 0.15) is 388 Å². The molecule has 3 N–H and O–H groups in total. The van der Waals surface area contributed by atoms with Crippen LogP contribution in [0.2, 0.25) is 0 Å². The zero-order valence-corrected chi connectivity index (χ0v) is 62.2. The van der Waals surface area contributed by atoms with Gasteiger partial charge in [0.1, 0.15) is 19.3 Å². The van der Waals surface area contributed by atoms with Crippen LogP contribution in [-0.2, 0) is 65.4 Å². The van der Waals surface area contributed by atoms with Crippen LogP contribution >= 0.6 is 15.6 Å². The van der Waals surface area contributed by atoms with E-state index in [-0.39, 0.29) is 25.7 Å². The molecular formula is C74H144O17P2. The molecule has 552 valence electrons. The van der Waals surface area contributed by atoms with E-state index in [1.54, 1.807) is 0 Å². The molecule has 0 aliphatic heterocycles. The Hall–Kier alpha value is -1.94. The molecule has 0 radical (unpaired) electrons. The Morgan fingerprint density at radius 3 is 0.731 bits per heavy atom. The Labute approximate surface area is 568 Å². The standard InChI is InChI=1S/C74H144O17P2/c1-6-9-12-15-17-19-21-23-25-26-27-28-29-30-32-36-41-45-50-55-60-74(79)91-70(64-85-72(77)58-53-48-43-39-37-33-34-38-42-47-51-56-67(4)5)66-89-93(82,83)87-62-68(75)61-86-92(80,81)88-65-69(63-84-71(76)57-52-46-14-11-8-3)90-73(78)59-54-49-44-40-35-31-24-22-20-18-16-13-10-7-2/h67-70,75H,6-66H2,1-5H3,(H,80,81)(H,82,83)/t68-,69+,70+/m0/s1. The average Bonchev–Trinajstić information content (AvgIpc) is 3.59. The second-order valence-corrected chi connectivity index (χ2v) is 30.1. The lowest BCUT2D eigenvalue weighted by Gasteiger charge is -2.21. The third-order valence-electron chi connectivity index (χ3n) is 17.3. The van der Waals surface area contributed by atoms with Crippen LogP contribution in [0.3, 0.4) is 0 Å². The van der Waals surface area contributed by atoms with E-state index in [4.69, 9.17) is 37.0 Å². The molecule has 0 aromatic carbocycles. The summed E-state index contributed by atoms with van der Waals surface area (Å²) in [6, 6.07) is 0. The summed E-state index contributed by atoms with van der Waals surface area (Å²) in [5, 5.41) is 10.6. The van der Waals surface area contributed by atoms with E-state index < -0.39 is 97.5 Å². The minimum Gasteiger partial charge on any atom is -0.462 e. The highest BCUT2D eigenvalue weighted by atomic mass is 31.2. The number of aliphatic hydroxyl groups excluding tert-OH is 1. The molecule has 0 aliphatic rings. The molecule has 0 saturated carbocycles. The van der Waals surface area contributed by atoms with Gasteiger partial charge in [-0.25, -0.2) is 9.13 Å². The highest BCUT2D eigenvalue weighted by molar-refractivity contribution is 7.47. The predicted molar refractivity (Wildman–Crippen MR) is 377 cm³/mol. The van der Waals surface area contributed by atoms with Gasteiger partial charge in [0.05, 0.1) is 26.4 Å². The Balaban J connectivity index is 5.13. The lowest BCUT2D eigenvalue weighted by Crippen LogP contribution is -2.30. The molecule has 0 aromatic heterocycles. The molecule has 0 bridgehead atoms. The van der Waals surface area contributed by atoms with Crippen LogP contribution in [0.25, 0.3) is 0 Å². The monoisotopic (exact) mass is 1370 g/mol. The molecule has 0 fully saturated rings. The van der Waals surface area contributed by atoms with Crippen molar-refractivity contribution in [3.8, 4) is 0 Å². The number of ether oxygens (including phenoxy) is 4. The first kappa shape index (κ1) is 91.1. The molecule has 0 saturated heterocycles. The average molecular weight is 1370 g/mol. The van der Waals surface area contributed by atoms with Gasteiger partial charge in [-0.05, 0) is 31.6 Å². The van der Waals surface area contributed by atoms with E-state index in [1.807, 2.05) is 0 Å². The second-order valence-electron chi connectivity index (χ2n) is 27.2. The fourth-order valence-corrected chi connectivity index (χ4v) is 12.9. The number of rotatable bonds is 74. The Morgan fingerprint density at radius 1 is 0.290 bits per heavy atom. The molecule has 93 heavy (non-hydrogen) atoms. The van der Waals surface area contributed by atoms with Crippen molar-refractivity contribution in [2.45, 2.75) is 406 Å². The van der Waals surface area contributed by atoms with Gasteiger partial charge >= 0.3 is 39.5 Å². The summed E-state index contributed by atoms with van der Waals surface area (Å²) in [5.74, 6) is -1.36. The van der Waals surface area contributed by atoms with E-state index in [1.165, 1.54) is 205 Å². The smallest absolute Gasteiger partial charge is 0.462 e. The van der Waals surface area contributed by atoms with Crippen molar-refractivity contribution < 1.29 is 80.2 Å². The first-order chi connectivity index (χ1) is 45.0. The number of phosphoric ester groups is 2. The number of carbonyl (C=O) groups excluding carboxylic acids is 4. The molecule has 5 atom stereocenters. The van der Waals surface area contributed by atoms with Crippen molar-refractivity contribution >= 4 is 39.5 Å². The molecule has 0 aliphatic carbocycles. The van der Waals surface area contributed by atoms with Crippen LogP contribution < -0.4 is 0 Å². The van der Waals surface area contributed by atoms with Gasteiger partial charge in [0.2, 0.25) is 0 Å². The molecular weight excluding hydrogens is 1220 g/mol. The Kier molecular flexibility index (Phi) is 65.9. The number of hydrogen-bond acceptors (Lipinski definition) is 15. The van der Waals surface area contributed by atoms with Crippen molar-refractivity contribution in [3.63, 3.8) is 0 Å². The number of phosphoric acid groups is 2. The molecule has 2 unspecified atom stereocenters. The topological polar surface area (TPSA) is 237 Å². The first-order valence-electron chi connectivity index (χ1n) is 38.6. The number of unbranched alkanes of at least 4 members (excludes halogenated alkanes) is 46. The van der Waals surface area contributed by atoms with Gasteiger partial charge in [-0.2, -0.15) is 0 Å². The van der Waals surface area contributed by atoms with E-state index in [2.05, 4.69) is 34.6 Å². The minimum absolute atomic E-state index is 0.107. The van der Waals surface area contributed by atoms with Crippen LogP contribution in [-0.4, -0.2) is 96.7 Å². The highest BCUT2D eigenvalue weighted by Crippen LogP contribution is 2.45. The molecule has 0 amide bonds. The third-order valence-corrected chi connectivity index (χ3v) is 19.2. The SMILES string of the molecule is CCCCCCCCCCCCCCCCCCCCCCC(=O)O[C@H](COC(=O)CCCCCCCCCCCCCC(C)C)COP(=O)(O)OC[C@@H](O)COP(=O)(O)OC[C@@H](COC(=O)CCCCCCC)OC(=O)CCCCCCCCCCCCCCCC. The summed E-state index contributed by atoms with van der Waals surface area (Å²) in [6.07, 6.45) is 55.9. The summed E-state index contributed by atoms with van der Waals surface area (Å²) in [5.41, 5.74) is 0. The van der Waals surface area contributed by atoms with Crippen LogP contribution in [0, 0.1) is 5.92 Å². The maximum atomic E-state index is 13.1. The lowest BCUT2D eigenvalue weighted by atomic mass is 10.0. The normalized spacial score (nSPS) is 14.0. The van der Waals surface area contributed by atoms with E-state index in [0.29, 0.717) is 25.7 Å². The lowest BCUT2D eigenvalue weighted by molar-refractivity contribution is -0.161. The van der Waals surface area contributed by atoms with Gasteiger partial charge in [0, 0.05) is 25.7 Å². The van der Waals surface area contributed by atoms with Gasteiger partial charge in [0.15, 0.2) is 12.2 Å². The number of carbonyl (C=O) groups is 4. The van der Waals surface area contributed by atoms with Crippen LogP contribution in [0.5, 0.6) is 0 Å². The molecule has 0 heterocycles. The maximum absolute atomic E-state index is 13.1. The maximum Gasteiger partial charge on any atom is 0.472 e. The van der Waals surface area contributed by atoms with Gasteiger partial charge in [-0.1, -0.05) is 336 Å². The van der Waals surface area contributed by atoms with E-state index in [0.717, 1.165) is 102 Å². The van der Waals surface area contributed by atoms with E-state index in [9.17, 15) is 43.2 Å². The van der Waals surface area contributed by atoms with Crippen molar-refractivity contribution in [2.24, 2.45) is 5.92 Å². The quantitative estimate of drug-likeness (QED) is 0.0222. The largest absolute Gasteiger partial charge is 0.472 e. The van der Waals surface area contributed by atoms with Crippen molar-refractivity contribution in [3.05, 3.63) is 0 Å². The van der Waals surface area contributed by atoms with Crippen molar-refractivity contribution in [2.75, 3.05) is 39.6 Å². The van der Waals surface area contributed by atoms with Gasteiger partial charge in [-0.3, -0.25) is 37.3 Å². The molecule has 19 heteroatoms. The molecule has 0 rings (SSSR count). The van der Waals surface area contributed by atoms with Crippen molar-refractivity contribution in [1.29, 1.82) is 0 Å². The van der Waals surface area contributed by atoms with E-state index >= 15 is 0 Å². The van der Waals surface area contributed by atoms with Gasteiger partial charge < -0.3 is 33.8 Å². The molecule has 0 spiro atoms. The van der Waals surface area contributed by atoms with Crippen LogP contribution in [0.15, 0.2) is 0 Å². The van der Waals surface area contributed by atoms with Crippen molar-refractivity contribution in [1.82, 2.24) is 0 Å².